The molecule has 0 aliphatic heterocycles. The Morgan fingerprint density at radius 1 is 0.933 bits per heavy atom. The molecule has 84 valence electrons. The van der Waals surface area contributed by atoms with E-state index in [9.17, 15) is 0 Å². The predicted octanol–water partition coefficient (Wildman–Crippen LogP) is 3.15. The van der Waals surface area contributed by atoms with Crippen molar-refractivity contribution >= 4 is 0 Å². The topological polar surface area (TPSA) is 12.0 Å². The van der Waals surface area contributed by atoms with Gasteiger partial charge in [-0.1, -0.05) is 19.1 Å². The maximum atomic E-state index is 3.44. The van der Waals surface area contributed by atoms with Crippen LogP contribution in [-0.2, 0) is 6.42 Å². The first-order valence-electron chi connectivity index (χ1n) is 5.92. The van der Waals surface area contributed by atoms with E-state index in [1.54, 1.807) is 0 Å². The summed E-state index contributed by atoms with van der Waals surface area (Å²) in [5, 5.41) is 3.44. The van der Waals surface area contributed by atoms with E-state index in [2.05, 4.69) is 45.1 Å². The Balaban J connectivity index is 2.57. The average molecular weight is 205 g/mol. The average Bonchev–Trinajstić information content (AvgIpc) is 2.20. The van der Waals surface area contributed by atoms with Gasteiger partial charge >= 0.3 is 0 Å². The Morgan fingerprint density at radius 2 is 1.60 bits per heavy atom. The molecular formula is C14H23N. The van der Waals surface area contributed by atoms with Crippen LogP contribution in [-0.4, -0.2) is 13.1 Å². The van der Waals surface area contributed by atoms with Gasteiger partial charge in [0.2, 0.25) is 0 Å². The van der Waals surface area contributed by atoms with Gasteiger partial charge in [-0.25, -0.2) is 0 Å². The van der Waals surface area contributed by atoms with E-state index < -0.39 is 0 Å². The highest BCUT2D eigenvalue weighted by Crippen LogP contribution is 2.15. The third kappa shape index (κ3) is 3.67. The van der Waals surface area contributed by atoms with Crippen LogP contribution in [0, 0.1) is 20.8 Å². The largest absolute Gasteiger partial charge is 0.316 e. The number of benzene rings is 1. The van der Waals surface area contributed by atoms with E-state index in [1.165, 1.54) is 28.7 Å². The molecule has 0 aromatic heterocycles. The van der Waals surface area contributed by atoms with E-state index in [0.717, 1.165) is 19.5 Å². The molecule has 1 nitrogen and oxygen atoms in total. The minimum absolute atomic E-state index is 1.09. The van der Waals surface area contributed by atoms with Gasteiger partial charge < -0.3 is 5.32 Å². The molecule has 1 heteroatoms. The molecule has 0 saturated heterocycles. The van der Waals surface area contributed by atoms with Gasteiger partial charge in [0.25, 0.3) is 0 Å². The summed E-state index contributed by atoms with van der Waals surface area (Å²) in [4.78, 5) is 0. The number of nitrogens with one attached hydrogen (secondary N) is 1. The van der Waals surface area contributed by atoms with Gasteiger partial charge in [0, 0.05) is 0 Å². The second-order valence-electron chi connectivity index (χ2n) is 4.36. The van der Waals surface area contributed by atoms with Crippen molar-refractivity contribution in [3.05, 3.63) is 34.4 Å². The first-order chi connectivity index (χ1) is 7.15. The van der Waals surface area contributed by atoms with Crippen LogP contribution in [0.3, 0.4) is 0 Å². The van der Waals surface area contributed by atoms with Crippen LogP contribution < -0.4 is 5.32 Å². The van der Waals surface area contributed by atoms with Crippen molar-refractivity contribution < 1.29 is 0 Å². The highest BCUT2D eigenvalue weighted by molar-refractivity contribution is 5.36. The van der Waals surface area contributed by atoms with Gasteiger partial charge in [0.1, 0.15) is 0 Å². The SMILES string of the molecule is CCCNCCc1cc(C)c(C)cc1C. The van der Waals surface area contributed by atoms with Gasteiger partial charge in [-0.3, -0.25) is 0 Å². The molecule has 0 atom stereocenters. The lowest BCUT2D eigenvalue weighted by molar-refractivity contribution is 0.670. The van der Waals surface area contributed by atoms with E-state index in [1.807, 2.05) is 0 Å². The van der Waals surface area contributed by atoms with Gasteiger partial charge in [0.05, 0.1) is 0 Å². The van der Waals surface area contributed by atoms with E-state index >= 15 is 0 Å². The van der Waals surface area contributed by atoms with Crippen molar-refractivity contribution in [2.75, 3.05) is 13.1 Å². The molecule has 0 unspecified atom stereocenters. The van der Waals surface area contributed by atoms with Crippen LogP contribution in [0.5, 0.6) is 0 Å². The number of hydrogen-bond acceptors (Lipinski definition) is 1. The van der Waals surface area contributed by atoms with Crippen molar-refractivity contribution in [2.45, 2.75) is 40.5 Å². The van der Waals surface area contributed by atoms with E-state index in [0.29, 0.717) is 0 Å². The summed E-state index contributed by atoms with van der Waals surface area (Å²) in [5.41, 5.74) is 5.72. The summed E-state index contributed by atoms with van der Waals surface area (Å²) in [6.07, 6.45) is 2.36. The first-order valence-corrected chi connectivity index (χ1v) is 5.92. The van der Waals surface area contributed by atoms with Crippen LogP contribution in [0.2, 0.25) is 0 Å². The predicted molar refractivity (Wildman–Crippen MR) is 67.5 cm³/mol. The molecule has 0 fully saturated rings. The Hall–Kier alpha value is -0.820. The van der Waals surface area contributed by atoms with Crippen LogP contribution in [0.15, 0.2) is 12.1 Å². The van der Waals surface area contributed by atoms with E-state index in [4.69, 9.17) is 0 Å². The quantitative estimate of drug-likeness (QED) is 0.728. The Kier molecular flexibility index (Phi) is 4.83. The number of aryl methyl sites for hydroxylation is 3. The second-order valence-corrected chi connectivity index (χ2v) is 4.36. The van der Waals surface area contributed by atoms with Crippen LogP contribution in [0.25, 0.3) is 0 Å². The molecule has 0 radical (unpaired) electrons. The fourth-order valence-corrected chi connectivity index (χ4v) is 1.81. The van der Waals surface area contributed by atoms with Crippen molar-refractivity contribution in [3.8, 4) is 0 Å². The zero-order chi connectivity index (χ0) is 11.3. The Bertz CT molecular complexity index is 315. The molecule has 0 aliphatic rings. The lowest BCUT2D eigenvalue weighted by atomic mass is 9.99. The molecule has 0 heterocycles. The van der Waals surface area contributed by atoms with Gasteiger partial charge in [-0.15, -0.1) is 0 Å². The fourth-order valence-electron chi connectivity index (χ4n) is 1.81. The lowest BCUT2D eigenvalue weighted by Crippen LogP contribution is -2.18. The molecular weight excluding hydrogens is 182 g/mol. The molecule has 1 rings (SSSR count). The Labute approximate surface area is 93.9 Å². The van der Waals surface area contributed by atoms with Crippen molar-refractivity contribution in [3.63, 3.8) is 0 Å². The van der Waals surface area contributed by atoms with Crippen molar-refractivity contribution in [1.29, 1.82) is 0 Å². The summed E-state index contributed by atoms with van der Waals surface area (Å²) < 4.78 is 0. The van der Waals surface area contributed by atoms with Crippen molar-refractivity contribution in [2.24, 2.45) is 0 Å². The standard InChI is InChI=1S/C14H23N/c1-5-7-15-8-6-14-10-12(3)11(2)9-13(14)4/h9-10,15H,5-8H2,1-4H3. The third-order valence-corrected chi connectivity index (χ3v) is 2.95. The number of rotatable bonds is 5. The summed E-state index contributed by atoms with van der Waals surface area (Å²) in [6, 6.07) is 4.63. The smallest absolute Gasteiger partial charge is 0.000825 e. The van der Waals surface area contributed by atoms with Crippen LogP contribution >= 0.6 is 0 Å². The summed E-state index contributed by atoms with van der Waals surface area (Å²) >= 11 is 0. The minimum atomic E-state index is 1.09. The third-order valence-electron chi connectivity index (χ3n) is 2.95. The van der Waals surface area contributed by atoms with Gasteiger partial charge in [-0.05, 0) is 69.0 Å². The molecule has 1 aromatic rings. The molecule has 0 aliphatic carbocycles. The number of hydrogen-bond donors (Lipinski definition) is 1. The van der Waals surface area contributed by atoms with E-state index in [-0.39, 0.29) is 0 Å². The second kappa shape index (κ2) is 5.92. The highest BCUT2D eigenvalue weighted by Gasteiger charge is 2.01. The normalized spacial score (nSPS) is 10.7. The molecule has 1 N–H and O–H groups in total. The molecule has 0 spiro atoms. The molecule has 15 heavy (non-hydrogen) atoms. The lowest BCUT2D eigenvalue weighted by Gasteiger charge is -2.10. The summed E-state index contributed by atoms with van der Waals surface area (Å²) in [6.45, 7) is 11.0. The minimum Gasteiger partial charge on any atom is -0.316 e. The molecule has 0 saturated carbocycles. The fraction of sp³-hybridized carbons (Fsp3) is 0.571. The molecule has 1 aromatic carbocycles. The van der Waals surface area contributed by atoms with Gasteiger partial charge in [0.15, 0.2) is 0 Å². The zero-order valence-corrected chi connectivity index (χ0v) is 10.5. The van der Waals surface area contributed by atoms with Crippen LogP contribution in [0.4, 0.5) is 0 Å². The first kappa shape index (κ1) is 12.3. The summed E-state index contributed by atoms with van der Waals surface area (Å²) in [7, 11) is 0. The Morgan fingerprint density at radius 3 is 2.27 bits per heavy atom. The summed E-state index contributed by atoms with van der Waals surface area (Å²) in [5.74, 6) is 0. The monoisotopic (exact) mass is 205 g/mol. The highest BCUT2D eigenvalue weighted by atomic mass is 14.8. The zero-order valence-electron chi connectivity index (χ0n) is 10.5. The molecule has 0 amide bonds. The van der Waals surface area contributed by atoms with Gasteiger partial charge in [-0.2, -0.15) is 0 Å². The maximum Gasteiger partial charge on any atom is -0.000825 e. The maximum absolute atomic E-state index is 3.44. The van der Waals surface area contributed by atoms with Crippen molar-refractivity contribution in [1.82, 2.24) is 5.32 Å². The molecule has 0 bridgehead atoms. The van der Waals surface area contributed by atoms with Crippen LogP contribution in [0.1, 0.15) is 35.6 Å².